The molecule has 0 radical (unpaired) electrons. The molecule has 132 valence electrons. The average Bonchev–Trinajstić information content (AvgIpc) is 3.31. The van der Waals surface area contributed by atoms with Crippen LogP contribution < -0.4 is 10.1 Å². The molecule has 5 nitrogen and oxygen atoms in total. The predicted molar refractivity (Wildman–Crippen MR) is 97.4 cm³/mol. The molecule has 2 aromatic rings. The zero-order valence-corrected chi connectivity index (χ0v) is 14.7. The van der Waals surface area contributed by atoms with Crippen molar-refractivity contribution in [3.05, 3.63) is 46.7 Å². The molecule has 6 heteroatoms. The van der Waals surface area contributed by atoms with Gasteiger partial charge in [-0.1, -0.05) is 12.1 Å². The van der Waals surface area contributed by atoms with Gasteiger partial charge in [0.05, 0.1) is 11.0 Å². The highest BCUT2D eigenvalue weighted by Crippen LogP contribution is 2.20. The fourth-order valence-electron chi connectivity index (χ4n) is 2.64. The number of amides is 1. The molecule has 0 aliphatic carbocycles. The van der Waals surface area contributed by atoms with Gasteiger partial charge in [-0.3, -0.25) is 9.59 Å². The van der Waals surface area contributed by atoms with Crippen LogP contribution in [0.5, 0.6) is 5.75 Å². The molecular weight excluding hydrogens is 338 g/mol. The van der Waals surface area contributed by atoms with E-state index in [1.807, 2.05) is 23.6 Å². The van der Waals surface area contributed by atoms with Gasteiger partial charge in [-0.15, -0.1) is 11.3 Å². The van der Waals surface area contributed by atoms with Gasteiger partial charge in [0.25, 0.3) is 0 Å². The summed E-state index contributed by atoms with van der Waals surface area (Å²) < 4.78 is 11.3. The summed E-state index contributed by atoms with van der Waals surface area (Å²) in [4.78, 5) is 24.7. The molecule has 1 fully saturated rings. The summed E-state index contributed by atoms with van der Waals surface area (Å²) in [7, 11) is 0. The van der Waals surface area contributed by atoms with E-state index in [-0.39, 0.29) is 30.6 Å². The predicted octanol–water partition coefficient (Wildman–Crippen LogP) is 3.91. The first-order valence-corrected chi connectivity index (χ1v) is 9.30. The lowest BCUT2D eigenvalue weighted by Crippen LogP contribution is -2.16. The van der Waals surface area contributed by atoms with E-state index in [4.69, 9.17) is 9.47 Å². The SMILES string of the molecule is O=C(CCC(=O)c1cccs1)Nc1cccc(OCC2CCCO2)c1. The number of ketones is 1. The summed E-state index contributed by atoms with van der Waals surface area (Å²) in [5.74, 6) is 0.517. The Hall–Kier alpha value is -2.18. The lowest BCUT2D eigenvalue weighted by Gasteiger charge is -2.12. The van der Waals surface area contributed by atoms with Crippen molar-refractivity contribution in [2.45, 2.75) is 31.8 Å². The van der Waals surface area contributed by atoms with Crippen molar-refractivity contribution >= 4 is 28.7 Å². The highest BCUT2D eigenvalue weighted by atomic mass is 32.1. The van der Waals surface area contributed by atoms with Crippen LogP contribution in [0.25, 0.3) is 0 Å². The monoisotopic (exact) mass is 359 g/mol. The van der Waals surface area contributed by atoms with E-state index in [9.17, 15) is 9.59 Å². The second-order valence-electron chi connectivity index (χ2n) is 5.92. The molecule has 0 saturated carbocycles. The first kappa shape index (κ1) is 17.6. The maximum Gasteiger partial charge on any atom is 0.224 e. The number of hydrogen-bond donors (Lipinski definition) is 1. The standard InChI is InChI=1S/C19H21NO4S/c21-17(18-7-3-11-25-18)8-9-19(22)20-14-4-1-5-15(12-14)24-13-16-6-2-10-23-16/h1,3-5,7,11-12,16H,2,6,8-10,13H2,(H,20,22). The van der Waals surface area contributed by atoms with Crippen LogP contribution in [0.3, 0.4) is 0 Å². The summed E-state index contributed by atoms with van der Waals surface area (Å²) in [6.45, 7) is 1.32. The number of ether oxygens (including phenoxy) is 2. The smallest absolute Gasteiger partial charge is 0.224 e. The summed E-state index contributed by atoms with van der Waals surface area (Å²) in [5, 5.41) is 4.67. The molecule has 1 aromatic heterocycles. The first-order valence-electron chi connectivity index (χ1n) is 8.42. The van der Waals surface area contributed by atoms with Crippen molar-refractivity contribution in [1.82, 2.24) is 0 Å². The number of hydrogen-bond acceptors (Lipinski definition) is 5. The van der Waals surface area contributed by atoms with Crippen molar-refractivity contribution in [3.63, 3.8) is 0 Å². The number of anilines is 1. The number of nitrogens with one attached hydrogen (secondary N) is 1. The molecule has 1 aliphatic heterocycles. The zero-order chi connectivity index (χ0) is 17.5. The molecule has 1 saturated heterocycles. The van der Waals surface area contributed by atoms with E-state index in [0.717, 1.165) is 19.4 Å². The third kappa shape index (κ3) is 5.41. The fraction of sp³-hybridized carbons (Fsp3) is 0.368. The van der Waals surface area contributed by atoms with Crippen LogP contribution in [-0.2, 0) is 9.53 Å². The van der Waals surface area contributed by atoms with Crippen LogP contribution in [0.2, 0.25) is 0 Å². The number of carbonyl (C=O) groups excluding carboxylic acids is 2. The van der Waals surface area contributed by atoms with Crippen molar-refractivity contribution in [3.8, 4) is 5.75 Å². The normalized spacial score (nSPS) is 16.6. The van der Waals surface area contributed by atoms with Crippen LogP contribution in [-0.4, -0.2) is 31.0 Å². The summed E-state index contributed by atoms with van der Waals surface area (Å²) in [6.07, 6.45) is 2.63. The van der Waals surface area contributed by atoms with Gasteiger partial charge in [0.15, 0.2) is 5.78 Å². The van der Waals surface area contributed by atoms with E-state index < -0.39 is 0 Å². The highest BCUT2D eigenvalue weighted by Gasteiger charge is 2.16. The minimum Gasteiger partial charge on any atom is -0.491 e. The van der Waals surface area contributed by atoms with Gasteiger partial charge >= 0.3 is 0 Å². The maximum absolute atomic E-state index is 12.0. The molecule has 0 spiro atoms. The van der Waals surface area contributed by atoms with Crippen LogP contribution in [0.4, 0.5) is 5.69 Å². The highest BCUT2D eigenvalue weighted by molar-refractivity contribution is 7.12. The Morgan fingerprint density at radius 3 is 2.92 bits per heavy atom. The molecule has 0 bridgehead atoms. The van der Waals surface area contributed by atoms with Crippen LogP contribution in [0.15, 0.2) is 41.8 Å². The summed E-state index contributed by atoms with van der Waals surface area (Å²) in [6, 6.07) is 10.9. The molecule has 1 aliphatic rings. The minimum absolute atomic E-state index is 0.00111. The number of rotatable bonds is 8. The number of benzene rings is 1. The van der Waals surface area contributed by atoms with Crippen LogP contribution in [0.1, 0.15) is 35.4 Å². The van der Waals surface area contributed by atoms with Gasteiger partial charge in [-0.2, -0.15) is 0 Å². The van der Waals surface area contributed by atoms with Gasteiger partial charge in [0.2, 0.25) is 5.91 Å². The lowest BCUT2D eigenvalue weighted by molar-refractivity contribution is -0.116. The van der Waals surface area contributed by atoms with E-state index in [2.05, 4.69) is 5.32 Å². The van der Waals surface area contributed by atoms with Gasteiger partial charge in [-0.25, -0.2) is 0 Å². The second kappa shape index (κ2) is 8.78. The summed E-state index contributed by atoms with van der Waals surface area (Å²) >= 11 is 1.40. The Bertz CT molecular complexity index is 708. The molecule has 2 heterocycles. The molecule has 1 unspecified atom stereocenters. The topological polar surface area (TPSA) is 64.6 Å². The molecule has 1 aromatic carbocycles. The molecular formula is C19H21NO4S. The van der Waals surface area contributed by atoms with Crippen LogP contribution >= 0.6 is 11.3 Å². The largest absolute Gasteiger partial charge is 0.491 e. The number of carbonyl (C=O) groups is 2. The molecule has 3 rings (SSSR count). The van der Waals surface area contributed by atoms with Gasteiger partial charge < -0.3 is 14.8 Å². The van der Waals surface area contributed by atoms with Gasteiger partial charge in [0, 0.05) is 31.2 Å². The Labute approximate surface area is 151 Å². The van der Waals surface area contributed by atoms with Crippen molar-refractivity contribution in [2.24, 2.45) is 0 Å². The third-order valence-corrected chi connectivity index (χ3v) is 4.86. The molecule has 1 N–H and O–H groups in total. The summed E-state index contributed by atoms with van der Waals surface area (Å²) in [5.41, 5.74) is 0.665. The van der Waals surface area contributed by atoms with E-state index >= 15 is 0 Å². The zero-order valence-electron chi connectivity index (χ0n) is 13.9. The van der Waals surface area contributed by atoms with Crippen molar-refractivity contribution in [1.29, 1.82) is 0 Å². The van der Waals surface area contributed by atoms with Gasteiger partial charge in [0.1, 0.15) is 12.4 Å². The van der Waals surface area contributed by atoms with E-state index in [1.165, 1.54) is 11.3 Å². The van der Waals surface area contributed by atoms with E-state index in [1.54, 1.807) is 18.2 Å². The Kier molecular flexibility index (Phi) is 6.19. The van der Waals surface area contributed by atoms with Crippen molar-refractivity contribution in [2.75, 3.05) is 18.5 Å². The quantitative estimate of drug-likeness (QED) is 0.726. The Morgan fingerprint density at radius 1 is 1.24 bits per heavy atom. The Morgan fingerprint density at radius 2 is 2.16 bits per heavy atom. The first-order chi connectivity index (χ1) is 12.2. The van der Waals surface area contributed by atoms with Crippen molar-refractivity contribution < 1.29 is 19.1 Å². The molecule has 1 amide bonds. The molecule has 1 atom stereocenters. The Balaban J connectivity index is 1.45. The third-order valence-electron chi connectivity index (χ3n) is 3.95. The average molecular weight is 359 g/mol. The number of thiophene rings is 1. The van der Waals surface area contributed by atoms with Gasteiger partial charge in [-0.05, 0) is 36.4 Å². The van der Waals surface area contributed by atoms with E-state index in [0.29, 0.717) is 22.9 Å². The minimum atomic E-state index is -0.179. The number of Topliss-reactive ketones (excluding diaryl/α,β-unsaturated/α-hetero) is 1. The van der Waals surface area contributed by atoms with Crippen LogP contribution in [0, 0.1) is 0 Å². The second-order valence-corrected chi connectivity index (χ2v) is 6.87. The fourth-order valence-corrected chi connectivity index (χ4v) is 3.33. The maximum atomic E-state index is 12.0. The lowest BCUT2D eigenvalue weighted by atomic mass is 10.2. The molecule has 25 heavy (non-hydrogen) atoms.